The Morgan fingerprint density at radius 3 is 2.43 bits per heavy atom. The van der Waals surface area contributed by atoms with Crippen molar-refractivity contribution in [3.05, 3.63) is 70.7 Å². The first-order valence-corrected chi connectivity index (χ1v) is 14.0. The summed E-state index contributed by atoms with van der Waals surface area (Å²) in [6, 6.07) is 17.0. The van der Waals surface area contributed by atoms with Crippen LogP contribution in [0.5, 0.6) is 11.5 Å². The number of nitrogens with zero attached hydrogens (tertiary/aromatic N) is 4. The van der Waals surface area contributed by atoms with E-state index in [2.05, 4.69) is 62.5 Å². The number of fused-ring (bicyclic) bond motifs is 1. The average Bonchev–Trinajstić information content (AvgIpc) is 3.61. The van der Waals surface area contributed by atoms with Crippen LogP contribution in [0.25, 0.3) is 0 Å². The first-order chi connectivity index (χ1) is 18.2. The molecule has 3 aliphatic heterocycles. The van der Waals surface area contributed by atoms with Gasteiger partial charge in [-0.15, -0.1) is 11.3 Å². The lowest BCUT2D eigenvalue weighted by Crippen LogP contribution is -2.46. The number of carbonyl (C=O) groups is 1. The number of rotatable bonds is 7. The van der Waals surface area contributed by atoms with Crippen molar-refractivity contribution in [2.75, 3.05) is 51.0 Å². The summed E-state index contributed by atoms with van der Waals surface area (Å²) in [4.78, 5) is 24.8. The zero-order chi connectivity index (χ0) is 25.0. The number of amides is 1. The highest BCUT2D eigenvalue weighted by molar-refractivity contribution is 7.13. The Labute approximate surface area is 221 Å². The van der Waals surface area contributed by atoms with Crippen LogP contribution in [0.15, 0.2) is 53.9 Å². The molecule has 37 heavy (non-hydrogen) atoms. The summed E-state index contributed by atoms with van der Waals surface area (Å²) in [7, 11) is 0. The van der Waals surface area contributed by atoms with E-state index < -0.39 is 0 Å². The number of piperazine rings is 1. The quantitative estimate of drug-likeness (QED) is 0.512. The van der Waals surface area contributed by atoms with Gasteiger partial charge in [-0.3, -0.25) is 14.6 Å². The molecule has 3 aliphatic rings. The molecule has 0 saturated carbocycles. The molecule has 0 bridgehead atoms. The van der Waals surface area contributed by atoms with E-state index >= 15 is 0 Å². The topological polar surface area (TPSA) is 70.2 Å². The van der Waals surface area contributed by atoms with Crippen molar-refractivity contribution in [3.63, 3.8) is 0 Å². The summed E-state index contributed by atoms with van der Waals surface area (Å²) in [6.45, 7) is 7.88. The van der Waals surface area contributed by atoms with E-state index in [0.29, 0.717) is 12.5 Å². The van der Waals surface area contributed by atoms with Gasteiger partial charge in [0, 0.05) is 63.8 Å². The Morgan fingerprint density at radius 1 is 0.892 bits per heavy atom. The number of carbonyl (C=O) groups excluding carboxylic acids is 1. The molecule has 0 unspecified atom stereocenters. The highest BCUT2D eigenvalue weighted by Gasteiger charge is 2.24. The fraction of sp³-hybridized carbons (Fsp3) is 0.429. The van der Waals surface area contributed by atoms with Crippen molar-refractivity contribution in [3.8, 4) is 11.5 Å². The maximum absolute atomic E-state index is 12.9. The minimum Gasteiger partial charge on any atom is -0.454 e. The van der Waals surface area contributed by atoms with Gasteiger partial charge in [0.05, 0.1) is 0 Å². The molecule has 0 radical (unpaired) electrons. The minimum absolute atomic E-state index is 0.0505. The third-order valence-electron chi connectivity index (χ3n) is 7.38. The fourth-order valence-corrected chi connectivity index (χ4v) is 6.10. The van der Waals surface area contributed by atoms with Crippen molar-refractivity contribution < 1.29 is 14.3 Å². The predicted octanol–water partition coefficient (Wildman–Crippen LogP) is 3.59. The van der Waals surface area contributed by atoms with E-state index in [1.165, 1.54) is 11.1 Å². The summed E-state index contributed by atoms with van der Waals surface area (Å²) in [5, 5.41) is 6.05. The molecular weight excluding hydrogens is 486 g/mol. The normalized spacial score (nSPS) is 18.8. The largest absolute Gasteiger partial charge is 0.454 e. The molecular formula is C28H33N5O3S. The molecule has 0 spiro atoms. The van der Waals surface area contributed by atoms with Crippen LogP contribution in [0.3, 0.4) is 0 Å². The van der Waals surface area contributed by atoms with Gasteiger partial charge in [0.2, 0.25) is 6.79 Å². The van der Waals surface area contributed by atoms with Gasteiger partial charge in [0.1, 0.15) is 5.69 Å². The maximum Gasteiger partial charge on any atom is 0.271 e. The molecule has 1 N–H and O–H groups in total. The third-order valence-corrected chi connectivity index (χ3v) is 8.28. The van der Waals surface area contributed by atoms with Crippen LogP contribution >= 0.6 is 11.3 Å². The number of likely N-dealkylation sites (tertiary alicyclic amines) is 1. The van der Waals surface area contributed by atoms with Gasteiger partial charge >= 0.3 is 0 Å². The summed E-state index contributed by atoms with van der Waals surface area (Å²) in [6.07, 6.45) is 1.95. The van der Waals surface area contributed by atoms with Gasteiger partial charge in [-0.05, 0) is 36.1 Å². The van der Waals surface area contributed by atoms with Crippen molar-refractivity contribution in [2.45, 2.75) is 32.0 Å². The number of thiazole rings is 1. The number of piperidine rings is 1. The van der Waals surface area contributed by atoms with Crippen LogP contribution in [0.1, 0.15) is 34.5 Å². The second-order valence-electron chi connectivity index (χ2n) is 9.98. The molecule has 2 saturated heterocycles. The van der Waals surface area contributed by atoms with Gasteiger partial charge in [-0.2, -0.15) is 0 Å². The Bertz CT molecular complexity index is 1200. The van der Waals surface area contributed by atoms with Gasteiger partial charge in [0.15, 0.2) is 16.6 Å². The monoisotopic (exact) mass is 519 g/mol. The molecule has 8 nitrogen and oxygen atoms in total. The van der Waals surface area contributed by atoms with Crippen LogP contribution in [0, 0.1) is 0 Å². The molecule has 2 aromatic carbocycles. The van der Waals surface area contributed by atoms with Crippen LogP contribution < -0.4 is 19.7 Å². The van der Waals surface area contributed by atoms with Crippen LogP contribution in [-0.2, 0) is 13.1 Å². The number of ether oxygens (including phenoxy) is 2. The van der Waals surface area contributed by atoms with Crippen molar-refractivity contribution >= 4 is 22.4 Å². The van der Waals surface area contributed by atoms with Crippen molar-refractivity contribution in [2.24, 2.45) is 0 Å². The zero-order valence-corrected chi connectivity index (χ0v) is 21.8. The Hall–Kier alpha value is -3.14. The number of hydrogen-bond donors (Lipinski definition) is 1. The number of nitrogens with one attached hydrogen (secondary N) is 1. The molecule has 6 rings (SSSR count). The SMILES string of the molecule is O=C(NC1CCN(Cc2ccccc2)CC1)c1csc(N2CCN(Cc3ccc4c(c3)OCO4)CC2)n1. The van der Waals surface area contributed by atoms with E-state index in [-0.39, 0.29) is 11.9 Å². The predicted molar refractivity (Wildman–Crippen MR) is 144 cm³/mol. The summed E-state index contributed by atoms with van der Waals surface area (Å²) < 4.78 is 10.9. The Balaban J connectivity index is 0.951. The molecule has 2 fully saturated rings. The lowest BCUT2D eigenvalue weighted by Gasteiger charge is -2.34. The Morgan fingerprint density at radius 2 is 1.62 bits per heavy atom. The Kier molecular flexibility index (Phi) is 7.25. The highest BCUT2D eigenvalue weighted by atomic mass is 32.1. The van der Waals surface area contributed by atoms with E-state index in [4.69, 9.17) is 14.5 Å². The first-order valence-electron chi connectivity index (χ1n) is 13.1. The summed E-state index contributed by atoms with van der Waals surface area (Å²) >= 11 is 1.56. The van der Waals surface area contributed by atoms with E-state index in [1.54, 1.807) is 11.3 Å². The van der Waals surface area contributed by atoms with Crippen LogP contribution in [0.4, 0.5) is 5.13 Å². The molecule has 1 amide bonds. The summed E-state index contributed by atoms with van der Waals surface area (Å²) in [5.41, 5.74) is 3.11. The van der Waals surface area contributed by atoms with Gasteiger partial charge in [-0.1, -0.05) is 36.4 Å². The number of hydrogen-bond acceptors (Lipinski definition) is 8. The lowest BCUT2D eigenvalue weighted by molar-refractivity contribution is 0.0904. The van der Waals surface area contributed by atoms with Crippen molar-refractivity contribution in [1.82, 2.24) is 20.1 Å². The summed E-state index contributed by atoms with van der Waals surface area (Å²) in [5.74, 6) is 1.61. The van der Waals surface area contributed by atoms with E-state index in [1.807, 2.05) is 11.4 Å². The lowest BCUT2D eigenvalue weighted by atomic mass is 10.0. The highest BCUT2D eigenvalue weighted by Crippen LogP contribution is 2.33. The molecule has 0 aliphatic carbocycles. The van der Waals surface area contributed by atoms with Gasteiger partial charge in [0.25, 0.3) is 5.91 Å². The first kappa shape index (κ1) is 24.2. The number of aromatic nitrogens is 1. The second kappa shape index (κ2) is 11.1. The molecule has 4 heterocycles. The third kappa shape index (κ3) is 5.89. The number of anilines is 1. The van der Waals surface area contributed by atoms with Gasteiger partial charge in [-0.25, -0.2) is 4.98 Å². The smallest absolute Gasteiger partial charge is 0.271 e. The molecule has 3 aromatic rings. The van der Waals surface area contributed by atoms with Gasteiger partial charge < -0.3 is 19.7 Å². The molecule has 1 aromatic heterocycles. The second-order valence-corrected chi connectivity index (χ2v) is 10.8. The molecule has 9 heteroatoms. The minimum atomic E-state index is -0.0505. The average molecular weight is 520 g/mol. The maximum atomic E-state index is 12.9. The van der Waals surface area contributed by atoms with Crippen molar-refractivity contribution in [1.29, 1.82) is 0 Å². The molecule has 194 valence electrons. The van der Waals surface area contributed by atoms with Crippen LogP contribution in [-0.4, -0.2) is 72.8 Å². The standard InChI is InChI=1S/C28H33N5O3S/c34-27(29-23-8-10-31(11-9-23)17-21-4-2-1-3-5-21)24-19-37-28(30-24)33-14-12-32(13-15-33)18-22-6-7-25-26(16-22)36-20-35-25/h1-7,16,19,23H,8-15,17-18,20H2,(H,29,34). The number of benzene rings is 2. The fourth-order valence-electron chi connectivity index (χ4n) is 5.24. The van der Waals surface area contributed by atoms with E-state index in [0.717, 1.165) is 81.8 Å². The van der Waals surface area contributed by atoms with Crippen LogP contribution in [0.2, 0.25) is 0 Å². The molecule has 0 atom stereocenters. The van der Waals surface area contributed by atoms with E-state index in [9.17, 15) is 4.79 Å². The zero-order valence-electron chi connectivity index (χ0n) is 21.0.